The molecule has 2 heterocycles. The third kappa shape index (κ3) is 3.72. The molecule has 0 amide bonds. The zero-order chi connectivity index (χ0) is 16.4. The van der Waals surface area contributed by atoms with Crippen LogP contribution in [0, 0.1) is 17.0 Å². The van der Waals surface area contributed by atoms with Gasteiger partial charge in [-0.25, -0.2) is 0 Å². The number of nitro groups is 1. The van der Waals surface area contributed by atoms with Crippen molar-refractivity contribution in [3.05, 3.63) is 33.9 Å². The quantitative estimate of drug-likeness (QED) is 0.623. The van der Waals surface area contributed by atoms with Gasteiger partial charge >= 0.3 is 0 Å². The summed E-state index contributed by atoms with van der Waals surface area (Å²) >= 11 is 0. The van der Waals surface area contributed by atoms with Crippen molar-refractivity contribution in [2.24, 2.45) is 0 Å². The maximum Gasteiger partial charge on any atom is 0.269 e. The van der Waals surface area contributed by atoms with Gasteiger partial charge in [0.25, 0.3) is 5.69 Å². The molecule has 126 valence electrons. The Hall–Kier alpha value is -1.47. The van der Waals surface area contributed by atoms with Crippen molar-refractivity contribution in [1.82, 2.24) is 4.90 Å². The van der Waals surface area contributed by atoms with Crippen LogP contribution < -0.4 is 4.90 Å². The summed E-state index contributed by atoms with van der Waals surface area (Å²) < 4.78 is 11.5. The second kappa shape index (κ2) is 6.97. The SMILES string of the molecule is Cc1cc([N+](=O)[O-])ccc1N1CCC(N2CCS(=O)CC2)CC1. The lowest BCUT2D eigenvalue weighted by Gasteiger charge is -2.41. The molecule has 2 fully saturated rings. The minimum absolute atomic E-state index is 0.155. The van der Waals surface area contributed by atoms with Gasteiger partial charge in [0.2, 0.25) is 0 Å². The number of rotatable bonds is 3. The maximum absolute atomic E-state index is 11.5. The number of piperidine rings is 1. The third-order valence-corrected chi connectivity index (χ3v) is 6.20. The number of hydrogen-bond donors (Lipinski definition) is 0. The average Bonchev–Trinajstić information content (AvgIpc) is 2.56. The van der Waals surface area contributed by atoms with Crippen LogP contribution >= 0.6 is 0 Å². The fraction of sp³-hybridized carbons (Fsp3) is 0.625. The van der Waals surface area contributed by atoms with Gasteiger partial charge in [-0.1, -0.05) is 0 Å². The number of benzene rings is 1. The minimum Gasteiger partial charge on any atom is -0.371 e. The van der Waals surface area contributed by atoms with Crippen LogP contribution in [-0.4, -0.2) is 57.8 Å². The largest absolute Gasteiger partial charge is 0.371 e. The fourth-order valence-corrected chi connectivity index (χ4v) is 4.68. The van der Waals surface area contributed by atoms with Crippen LogP contribution in [0.5, 0.6) is 0 Å². The predicted octanol–water partition coefficient (Wildman–Crippen LogP) is 1.94. The van der Waals surface area contributed by atoms with E-state index in [9.17, 15) is 14.3 Å². The van der Waals surface area contributed by atoms with E-state index in [0.717, 1.165) is 61.8 Å². The van der Waals surface area contributed by atoms with E-state index in [1.54, 1.807) is 12.1 Å². The van der Waals surface area contributed by atoms with E-state index in [0.29, 0.717) is 6.04 Å². The molecule has 0 spiro atoms. The molecule has 0 aliphatic carbocycles. The van der Waals surface area contributed by atoms with Crippen molar-refractivity contribution in [2.45, 2.75) is 25.8 Å². The topological polar surface area (TPSA) is 66.7 Å². The summed E-state index contributed by atoms with van der Waals surface area (Å²) in [7, 11) is -0.618. The second-order valence-electron chi connectivity index (χ2n) is 6.33. The molecular formula is C16H23N3O3S. The van der Waals surface area contributed by atoms with Crippen molar-refractivity contribution < 1.29 is 9.13 Å². The van der Waals surface area contributed by atoms with Crippen LogP contribution in [0.4, 0.5) is 11.4 Å². The van der Waals surface area contributed by atoms with Gasteiger partial charge in [-0.2, -0.15) is 0 Å². The molecule has 0 unspecified atom stereocenters. The van der Waals surface area contributed by atoms with Crippen LogP contribution in [0.3, 0.4) is 0 Å². The van der Waals surface area contributed by atoms with E-state index in [-0.39, 0.29) is 10.6 Å². The molecule has 23 heavy (non-hydrogen) atoms. The van der Waals surface area contributed by atoms with Crippen molar-refractivity contribution in [3.63, 3.8) is 0 Å². The smallest absolute Gasteiger partial charge is 0.269 e. The van der Waals surface area contributed by atoms with Crippen molar-refractivity contribution in [1.29, 1.82) is 0 Å². The highest BCUT2D eigenvalue weighted by molar-refractivity contribution is 7.85. The Bertz CT molecular complexity index is 605. The third-order valence-electron chi connectivity index (χ3n) is 4.93. The van der Waals surface area contributed by atoms with Crippen molar-refractivity contribution in [2.75, 3.05) is 42.6 Å². The Balaban J connectivity index is 1.60. The molecule has 2 aliphatic heterocycles. The summed E-state index contributed by atoms with van der Waals surface area (Å²) in [4.78, 5) is 15.3. The van der Waals surface area contributed by atoms with Gasteiger partial charge in [-0.3, -0.25) is 19.2 Å². The van der Waals surface area contributed by atoms with Crippen LogP contribution in [0.25, 0.3) is 0 Å². The maximum atomic E-state index is 11.5. The molecule has 0 radical (unpaired) electrons. The van der Waals surface area contributed by atoms with Gasteiger partial charge in [-0.05, 0) is 31.4 Å². The van der Waals surface area contributed by atoms with E-state index in [2.05, 4.69) is 9.80 Å². The van der Waals surface area contributed by atoms with Gasteiger partial charge in [-0.15, -0.1) is 0 Å². The Morgan fingerprint density at radius 2 is 1.83 bits per heavy atom. The summed E-state index contributed by atoms with van der Waals surface area (Å²) in [6.07, 6.45) is 2.20. The highest BCUT2D eigenvalue weighted by atomic mass is 32.2. The molecule has 1 aromatic rings. The second-order valence-corrected chi connectivity index (χ2v) is 8.03. The molecule has 6 nitrogen and oxygen atoms in total. The monoisotopic (exact) mass is 337 g/mol. The molecule has 0 atom stereocenters. The number of hydrogen-bond acceptors (Lipinski definition) is 5. The zero-order valence-corrected chi connectivity index (χ0v) is 14.3. The van der Waals surface area contributed by atoms with E-state index in [1.807, 2.05) is 13.0 Å². The van der Waals surface area contributed by atoms with Gasteiger partial charge in [0, 0.05) is 72.3 Å². The number of nitrogens with zero attached hydrogens (tertiary/aromatic N) is 3. The number of aryl methyl sites for hydroxylation is 1. The Labute approximate surface area is 139 Å². The first-order valence-corrected chi connectivity index (χ1v) is 9.62. The molecule has 2 aliphatic rings. The summed E-state index contributed by atoms with van der Waals surface area (Å²) in [6, 6.07) is 5.70. The standard InChI is InChI=1S/C16H23N3O3S/c1-13-12-15(19(20)21)2-3-16(13)18-6-4-14(5-7-18)17-8-10-23(22)11-9-17/h2-3,12,14H,4-11H2,1H3. The number of nitro benzene ring substituents is 1. The molecular weight excluding hydrogens is 314 g/mol. The van der Waals surface area contributed by atoms with Crippen LogP contribution in [0.15, 0.2) is 18.2 Å². The van der Waals surface area contributed by atoms with E-state index in [1.165, 1.54) is 0 Å². The lowest BCUT2D eigenvalue weighted by Crippen LogP contribution is -2.49. The highest BCUT2D eigenvalue weighted by Crippen LogP contribution is 2.28. The summed E-state index contributed by atoms with van der Waals surface area (Å²) in [5.74, 6) is 1.61. The first-order valence-electron chi connectivity index (χ1n) is 8.13. The molecule has 7 heteroatoms. The van der Waals surface area contributed by atoms with Gasteiger partial charge < -0.3 is 4.90 Å². The molecule has 0 N–H and O–H groups in total. The molecule has 0 aromatic heterocycles. The summed E-state index contributed by atoms with van der Waals surface area (Å²) in [5.41, 5.74) is 2.22. The lowest BCUT2D eigenvalue weighted by atomic mass is 10.0. The van der Waals surface area contributed by atoms with Crippen molar-refractivity contribution >= 4 is 22.2 Å². The lowest BCUT2D eigenvalue weighted by molar-refractivity contribution is -0.384. The fourth-order valence-electron chi connectivity index (χ4n) is 3.60. The average molecular weight is 337 g/mol. The zero-order valence-electron chi connectivity index (χ0n) is 13.4. The number of non-ortho nitro benzene ring substituents is 1. The number of anilines is 1. The van der Waals surface area contributed by atoms with Gasteiger partial charge in [0.1, 0.15) is 0 Å². The Morgan fingerprint density at radius 3 is 2.39 bits per heavy atom. The van der Waals surface area contributed by atoms with Gasteiger partial charge in [0.15, 0.2) is 0 Å². The van der Waals surface area contributed by atoms with Crippen LogP contribution in [0.1, 0.15) is 18.4 Å². The van der Waals surface area contributed by atoms with Crippen molar-refractivity contribution in [3.8, 4) is 0 Å². The highest BCUT2D eigenvalue weighted by Gasteiger charge is 2.27. The Morgan fingerprint density at radius 1 is 1.17 bits per heavy atom. The van der Waals surface area contributed by atoms with Crippen LogP contribution in [-0.2, 0) is 10.8 Å². The first-order chi connectivity index (χ1) is 11.0. The molecule has 1 aromatic carbocycles. The van der Waals surface area contributed by atoms with Gasteiger partial charge in [0.05, 0.1) is 4.92 Å². The normalized spacial score (nSPS) is 21.5. The van der Waals surface area contributed by atoms with Crippen LogP contribution in [0.2, 0.25) is 0 Å². The van der Waals surface area contributed by atoms with E-state index in [4.69, 9.17) is 0 Å². The summed E-state index contributed by atoms with van der Waals surface area (Å²) in [6.45, 7) is 5.79. The molecule has 3 rings (SSSR count). The summed E-state index contributed by atoms with van der Waals surface area (Å²) in [5, 5.41) is 10.8. The molecule has 0 saturated carbocycles. The minimum atomic E-state index is -0.618. The molecule has 2 saturated heterocycles. The van der Waals surface area contributed by atoms with E-state index >= 15 is 0 Å². The Kier molecular flexibility index (Phi) is 4.96. The predicted molar refractivity (Wildman–Crippen MR) is 92.5 cm³/mol. The first kappa shape index (κ1) is 16.4. The molecule has 0 bridgehead atoms. The van der Waals surface area contributed by atoms with E-state index < -0.39 is 10.8 Å².